The summed E-state index contributed by atoms with van der Waals surface area (Å²) >= 11 is 0. The van der Waals surface area contributed by atoms with Gasteiger partial charge in [0.05, 0.1) is 29.1 Å². The lowest BCUT2D eigenvalue weighted by molar-refractivity contribution is -0.123. The molecule has 8 nitrogen and oxygen atoms in total. The van der Waals surface area contributed by atoms with E-state index in [1.807, 2.05) is 53.4 Å². The number of nitrogens with one attached hydrogen (secondary N) is 1. The number of likely N-dealkylation sites (tertiary alicyclic amines) is 1. The summed E-state index contributed by atoms with van der Waals surface area (Å²) in [6, 6.07) is 15.6. The minimum Gasteiger partial charge on any atom is -0.467 e. The van der Waals surface area contributed by atoms with Crippen molar-refractivity contribution in [3.05, 3.63) is 72.3 Å². The van der Waals surface area contributed by atoms with Crippen LogP contribution in [0.3, 0.4) is 0 Å². The second-order valence-corrected chi connectivity index (χ2v) is 9.39. The largest absolute Gasteiger partial charge is 0.467 e. The lowest BCUT2D eigenvalue weighted by atomic mass is 10.0. The van der Waals surface area contributed by atoms with Crippen molar-refractivity contribution >= 4 is 22.8 Å². The summed E-state index contributed by atoms with van der Waals surface area (Å²) in [7, 11) is 0. The van der Waals surface area contributed by atoms with E-state index >= 15 is 0 Å². The Hall–Kier alpha value is -3.94. The van der Waals surface area contributed by atoms with E-state index < -0.39 is 0 Å². The maximum atomic E-state index is 13.7. The predicted octanol–water partition coefficient (Wildman–Crippen LogP) is 3.87. The quantitative estimate of drug-likeness (QED) is 0.463. The van der Waals surface area contributed by atoms with E-state index in [0.717, 1.165) is 48.1 Å². The minimum absolute atomic E-state index is 0.0286. The van der Waals surface area contributed by atoms with E-state index in [4.69, 9.17) is 9.40 Å². The molecule has 35 heavy (non-hydrogen) atoms. The molecule has 6 rings (SSSR count). The molecule has 1 aliphatic heterocycles. The van der Waals surface area contributed by atoms with Crippen molar-refractivity contribution in [2.75, 3.05) is 13.1 Å². The van der Waals surface area contributed by atoms with Gasteiger partial charge in [-0.1, -0.05) is 30.3 Å². The average Bonchev–Trinajstić information content (AvgIpc) is 3.49. The summed E-state index contributed by atoms with van der Waals surface area (Å²) in [6.45, 7) is 1.65. The highest BCUT2D eigenvalue weighted by molar-refractivity contribution is 6.06. The van der Waals surface area contributed by atoms with Crippen molar-refractivity contribution in [2.24, 2.45) is 5.92 Å². The Morgan fingerprint density at radius 3 is 2.54 bits per heavy atom. The Morgan fingerprint density at radius 1 is 1.03 bits per heavy atom. The fourth-order valence-electron chi connectivity index (χ4n) is 4.71. The van der Waals surface area contributed by atoms with Gasteiger partial charge in [0, 0.05) is 30.6 Å². The third-order valence-corrected chi connectivity index (χ3v) is 6.87. The number of pyridine rings is 1. The van der Waals surface area contributed by atoms with Crippen LogP contribution < -0.4 is 5.32 Å². The summed E-state index contributed by atoms with van der Waals surface area (Å²) in [6.07, 6.45) is 6.88. The molecule has 1 saturated heterocycles. The number of fused-ring (bicyclic) bond motifs is 1. The maximum absolute atomic E-state index is 13.7. The molecule has 0 unspecified atom stereocenters. The van der Waals surface area contributed by atoms with Crippen molar-refractivity contribution in [1.29, 1.82) is 0 Å². The van der Waals surface area contributed by atoms with Gasteiger partial charge in [0.25, 0.3) is 5.91 Å². The van der Waals surface area contributed by atoms with E-state index in [-0.39, 0.29) is 23.8 Å². The van der Waals surface area contributed by atoms with Gasteiger partial charge >= 0.3 is 0 Å². The number of rotatable bonds is 6. The molecule has 1 aliphatic carbocycles. The first-order valence-corrected chi connectivity index (χ1v) is 12.2. The van der Waals surface area contributed by atoms with Crippen molar-refractivity contribution in [2.45, 2.75) is 38.3 Å². The van der Waals surface area contributed by atoms with E-state index in [1.54, 1.807) is 17.1 Å². The molecular formula is C27H27N5O3. The van der Waals surface area contributed by atoms with E-state index in [2.05, 4.69) is 10.4 Å². The first kappa shape index (κ1) is 21.6. The second kappa shape index (κ2) is 9.02. The van der Waals surface area contributed by atoms with Crippen molar-refractivity contribution in [3.8, 4) is 11.3 Å². The fraction of sp³-hybridized carbons (Fsp3) is 0.333. The summed E-state index contributed by atoms with van der Waals surface area (Å²) in [5.41, 5.74) is 2.92. The number of benzene rings is 1. The molecule has 0 atom stereocenters. The standard InChI is InChI=1S/C27H27N5O3/c33-26(19-8-9-19)29-20-10-12-31(13-11-20)27(34)22-15-24(18-5-2-1-3-6-18)30-25-23(22)16-28-32(25)17-21-7-4-14-35-21/h1-7,14-16,19-20H,8-13,17H2,(H,29,33). The number of nitrogens with zero attached hydrogens (tertiary/aromatic N) is 4. The van der Waals surface area contributed by atoms with Crippen LogP contribution in [0.2, 0.25) is 0 Å². The summed E-state index contributed by atoms with van der Waals surface area (Å²) in [4.78, 5) is 32.6. The number of hydrogen-bond donors (Lipinski definition) is 1. The van der Waals surface area contributed by atoms with Crippen LogP contribution in [-0.4, -0.2) is 50.6 Å². The molecule has 0 bridgehead atoms. The highest BCUT2D eigenvalue weighted by atomic mass is 16.3. The fourth-order valence-corrected chi connectivity index (χ4v) is 4.71. The third kappa shape index (κ3) is 4.43. The van der Waals surface area contributed by atoms with Gasteiger partial charge in [0.15, 0.2) is 5.65 Å². The molecule has 2 aliphatic rings. The zero-order valence-electron chi connectivity index (χ0n) is 19.4. The number of piperidine rings is 1. The first-order chi connectivity index (χ1) is 17.2. The molecule has 8 heteroatoms. The van der Waals surface area contributed by atoms with E-state index in [9.17, 15) is 9.59 Å². The van der Waals surface area contributed by atoms with Crippen LogP contribution in [0.25, 0.3) is 22.3 Å². The second-order valence-electron chi connectivity index (χ2n) is 9.39. The highest BCUT2D eigenvalue weighted by Gasteiger charge is 2.32. The maximum Gasteiger partial charge on any atom is 0.254 e. The minimum atomic E-state index is -0.0286. The van der Waals surface area contributed by atoms with Gasteiger partial charge in [-0.15, -0.1) is 0 Å². The molecule has 0 radical (unpaired) electrons. The SMILES string of the molecule is O=C(NC1CCN(C(=O)c2cc(-c3ccccc3)nc3c2cnn3Cc2ccco2)CC1)C1CC1. The third-order valence-electron chi connectivity index (χ3n) is 6.87. The van der Waals surface area contributed by atoms with Gasteiger partial charge in [-0.3, -0.25) is 9.59 Å². The number of hydrogen-bond acceptors (Lipinski definition) is 5. The van der Waals surface area contributed by atoms with Gasteiger partial charge in [-0.05, 0) is 43.9 Å². The number of carbonyl (C=O) groups excluding carboxylic acids is 2. The summed E-state index contributed by atoms with van der Waals surface area (Å²) in [5, 5.41) is 8.42. The van der Waals surface area contributed by atoms with Crippen molar-refractivity contribution < 1.29 is 14.0 Å². The molecule has 2 amide bonds. The number of amides is 2. The molecule has 0 spiro atoms. The molecular weight excluding hydrogens is 442 g/mol. The molecule has 2 fully saturated rings. The Bertz CT molecular complexity index is 1350. The van der Waals surface area contributed by atoms with E-state index in [0.29, 0.717) is 30.8 Å². The van der Waals surface area contributed by atoms with Gasteiger partial charge in [0.1, 0.15) is 12.3 Å². The normalized spacial score (nSPS) is 16.5. The smallest absolute Gasteiger partial charge is 0.254 e. The topological polar surface area (TPSA) is 93.3 Å². The molecule has 3 aromatic heterocycles. The number of aromatic nitrogens is 3. The van der Waals surface area contributed by atoms with Crippen LogP contribution in [0.1, 0.15) is 41.8 Å². The van der Waals surface area contributed by atoms with Crippen LogP contribution in [0.5, 0.6) is 0 Å². The van der Waals surface area contributed by atoms with Gasteiger partial charge in [-0.2, -0.15) is 5.10 Å². The Labute approximate surface area is 202 Å². The Morgan fingerprint density at radius 2 is 1.83 bits per heavy atom. The number of carbonyl (C=O) groups is 2. The van der Waals surface area contributed by atoms with Crippen LogP contribution >= 0.6 is 0 Å². The summed E-state index contributed by atoms with van der Waals surface area (Å²) < 4.78 is 7.28. The first-order valence-electron chi connectivity index (χ1n) is 12.2. The number of furan rings is 1. The van der Waals surface area contributed by atoms with E-state index in [1.165, 1.54) is 0 Å². The monoisotopic (exact) mass is 469 g/mol. The van der Waals surface area contributed by atoms with Crippen LogP contribution in [0.15, 0.2) is 65.4 Å². The van der Waals surface area contributed by atoms with Crippen LogP contribution in [0.4, 0.5) is 0 Å². The van der Waals surface area contributed by atoms with Gasteiger partial charge in [-0.25, -0.2) is 9.67 Å². The summed E-state index contributed by atoms with van der Waals surface area (Å²) in [5.74, 6) is 1.11. The molecule has 178 valence electrons. The lowest BCUT2D eigenvalue weighted by Gasteiger charge is -2.32. The Kier molecular flexibility index (Phi) is 5.56. The predicted molar refractivity (Wildman–Crippen MR) is 131 cm³/mol. The molecule has 4 heterocycles. The lowest BCUT2D eigenvalue weighted by Crippen LogP contribution is -2.47. The Balaban J connectivity index is 1.29. The average molecular weight is 470 g/mol. The zero-order chi connectivity index (χ0) is 23.8. The zero-order valence-corrected chi connectivity index (χ0v) is 19.4. The van der Waals surface area contributed by atoms with Crippen LogP contribution in [0, 0.1) is 5.92 Å². The van der Waals surface area contributed by atoms with Gasteiger partial charge in [0.2, 0.25) is 5.91 Å². The van der Waals surface area contributed by atoms with Crippen molar-refractivity contribution in [3.63, 3.8) is 0 Å². The van der Waals surface area contributed by atoms with Crippen molar-refractivity contribution in [1.82, 2.24) is 25.0 Å². The molecule has 1 saturated carbocycles. The molecule has 1 aromatic carbocycles. The highest BCUT2D eigenvalue weighted by Crippen LogP contribution is 2.30. The van der Waals surface area contributed by atoms with Gasteiger partial charge < -0.3 is 14.6 Å². The van der Waals surface area contributed by atoms with Crippen LogP contribution in [-0.2, 0) is 11.3 Å². The molecule has 4 aromatic rings. The molecule has 1 N–H and O–H groups in total.